The first kappa shape index (κ1) is 20.5. The Hall–Kier alpha value is -3.81. The molecule has 4 rings (SSSR count). The maximum Gasteiger partial charge on any atom is 0.261 e. The van der Waals surface area contributed by atoms with Gasteiger partial charge in [0.15, 0.2) is 11.5 Å². The van der Waals surface area contributed by atoms with E-state index in [1.807, 2.05) is 31.2 Å². The molecule has 2 heterocycles. The van der Waals surface area contributed by atoms with E-state index in [4.69, 9.17) is 9.47 Å². The second-order valence-electron chi connectivity index (χ2n) is 7.07. The van der Waals surface area contributed by atoms with Crippen LogP contribution in [-0.2, 0) is 13.0 Å². The standard InChI is InChI=1S/C23H24N4O4/c1-4-21-26-18-12-20(31-3)19(30-2)11-15(18)23(29)27(21)10-9-24-22(28)16-13-25-17-8-6-5-7-14(16)17/h5-8,11-13,25H,4,9-10H2,1-3H3,(H,24,28). The quantitative estimate of drug-likeness (QED) is 0.479. The molecule has 8 heteroatoms. The highest BCUT2D eigenvalue weighted by Crippen LogP contribution is 2.30. The summed E-state index contributed by atoms with van der Waals surface area (Å²) in [7, 11) is 3.07. The highest BCUT2D eigenvalue weighted by atomic mass is 16.5. The molecule has 2 N–H and O–H groups in total. The molecular weight excluding hydrogens is 396 g/mol. The first-order chi connectivity index (χ1) is 15.1. The molecule has 2 aromatic heterocycles. The molecule has 0 saturated carbocycles. The normalized spacial score (nSPS) is 11.1. The summed E-state index contributed by atoms with van der Waals surface area (Å²) in [5, 5.41) is 4.21. The van der Waals surface area contributed by atoms with Crippen LogP contribution in [0, 0.1) is 0 Å². The van der Waals surface area contributed by atoms with Gasteiger partial charge in [-0.1, -0.05) is 25.1 Å². The predicted octanol–water partition coefficient (Wildman–Crippen LogP) is 2.89. The van der Waals surface area contributed by atoms with Crippen LogP contribution in [0.25, 0.3) is 21.8 Å². The van der Waals surface area contributed by atoms with Crippen molar-refractivity contribution in [3.05, 3.63) is 64.3 Å². The number of rotatable bonds is 7. The van der Waals surface area contributed by atoms with Crippen molar-refractivity contribution >= 4 is 27.7 Å². The van der Waals surface area contributed by atoms with E-state index >= 15 is 0 Å². The number of carbonyl (C=O) groups is 1. The topological polar surface area (TPSA) is 98.2 Å². The van der Waals surface area contributed by atoms with Gasteiger partial charge in [-0.25, -0.2) is 4.98 Å². The molecule has 0 aliphatic rings. The Morgan fingerprint density at radius 3 is 2.61 bits per heavy atom. The summed E-state index contributed by atoms with van der Waals surface area (Å²) >= 11 is 0. The first-order valence-corrected chi connectivity index (χ1v) is 10.1. The van der Waals surface area contributed by atoms with Crippen molar-refractivity contribution in [1.82, 2.24) is 19.9 Å². The molecule has 0 aliphatic carbocycles. The lowest BCUT2D eigenvalue weighted by Crippen LogP contribution is -2.33. The third kappa shape index (κ3) is 3.72. The molecule has 0 aliphatic heterocycles. The third-order valence-electron chi connectivity index (χ3n) is 5.31. The Balaban J connectivity index is 1.59. The van der Waals surface area contributed by atoms with Crippen LogP contribution in [0.2, 0.25) is 0 Å². The van der Waals surface area contributed by atoms with E-state index in [1.54, 1.807) is 30.0 Å². The van der Waals surface area contributed by atoms with Crippen molar-refractivity contribution in [2.75, 3.05) is 20.8 Å². The zero-order valence-electron chi connectivity index (χ0n) is 17.7. The minimum absolute atomic E-state index is 0.177. The molecule has 2 aromatic carbocycles. The van der Waals surface area contributed by atoms with Gasteiger partial charge < -0.3 is 19.8 Å². The highest BCUT2D eigenvalue weighted by molar-refractivity contribution is 6.06. The molecule has 160 valence electrons. The number of aromatic nitrogens is 3. The Labute approximate surface area is 178 Å². The van der Waals surface area contributed by atoms with Crippen LogP contribution in [-0.4, -0.2) is 41.2 Å². The number of aryl methyl sites for hydroxylation is 1. The van der Waals surface area contributed by atoms with Gasteiger partial charge in [0.2, 0.25) is 0 Å². The van der Waals surface area contributed by atoms with Crippen LogP contribution in [0.3, 0.4) is 0 Å². The number of nitrogens with zero attached hydrogens (tertiary/aromatic N) is 2. The molecule has 31 heavy (non-hydrogen) atoms. The van der Waals surface area contributed by atoms with Gasteiger partial charge in [-0.15, -0.1) is 0 Å². The van der Waals surface area contributed by atoms with E-state index in [0.29, 0.717) is 53.3 Å². The van der Waals surface area contributed by atoms with Crippen LogP contribution in [0.15, 0.2) is 47.4 Å². The van der Waals surface area contributed by atoms with Crippen LogP contribution in [0.1, 0.15) is 23.1 Å². The minimum atomic E-state index is -0.191. The van der Waals surface area contributed by atoms with Gasteiger partial charge in [0.05, 0.1) is 30.7 Å². The van der Waals surface area contributed by atoms with Crippen molar-refractivity contribution in [3.8, 4) is 11.5 Å². The number of amides is 1. The van der Waals surface area contributed by atoms with Gasteiger partial charge in [0.25, 0.3) is 11.5 Å². The molecule has 0 atom stereocenters. The van der Waals surface area contributed by atoms with Crippen LogP contribution in [0.5, 0.6) is 11.5 Å². The zero-order valence-corrected chi connectivity index (χ0v) is 17.7. The number of methoxy groups -OCH3 is 2. The molecule has 1 amide bonds. The van der Waals surface area contributed by atoms with Gasteiger partial charge in [-0.3, -0.25) is 14.2 Å². The number of fused-ring (bicyclic) bond motifs is 2. The van der Waals surface area contributed by atoms with E-state index in [1.165, 1.54) is 7.11 Å². The SMILES string of the molecule is CCc1nc2cc(OC)c(OC)cc2c(=O)n1CCNC(=O)c1c[nH]c2ccccc12. The zero-order chi connectivity index (χ0) is 22.0. The minimum Gasteiger partial charge on any atom is -0.493 e. The fraction of sp³-hybridized carbons (Fsp3) is 0.261. The Kier molecular flexibility index (Phi) is 5.62. The monoisotopic (exact) mass is 420 g/mol. The second kappa shape index (κ2) is 8.51. The molecule has 0 saturated heterocycles. The van der Waals surface area contributed by atoms with Gasteiger partial charge in [-0.05, 0) is 12.1 Å². The van der Waals surface area contributed by atoms with Crippen molar-refractivity contribution in [1.29, 1.82) is 0 Å². The Morgan fingerprint density at radius 1 is 1.13 bits per heavy atom. The summed E-state index contributed by atoms with van der Waals surface area (Å²) in [6.45, 7) is 2.55. The number of carbonyl (C=O) groups excluding carboxylic acids is 1. The molecule has 0 spiro atoms. The van der Waals surface area contributed by atoms with Crippen LogP contribution >= 0.6 is 0 Å². The van der Waals surface area contributed by atoms with Gasteiger partial charge in [0, 0.05) is 42.7 Å². The largest absolute Gasteiger partial charge is 0.493 e. The lowest BCUT2D eigenvalue weighted by molar-refractivity contribution is 0.0953. The highest BCUT2D eigenvalue weighted by Gasteiger charge is 2.15. The summed E-state index contributed by atoms with van der Waals surface area (Å²) in [5.41, 5.74) is 1.86. The average Bonchev–Trinajstić information content (AvgIpc) is 3.23. The molecular formula is C23H24N4O4. The van der Waals surface area contributed by atoms with E-state index in [9.17, 15) is 9.59 Å². The van der Waals surface area contributed by atoms with E-state index in [0.717, 1.165) is 10.9 Å². The summed E-state index contributed by atoms with van der Waals surface area (Å²) < 4.78 is 12.2. The summed E-state index contributed by atoms with van der Waals surface area (Å²) in [5.74, 6) is 1.44. The molecule has 0 unspecified atom stereocenters. The van der Waals surface area contributed by atoms with Gasteiger partial charge in [0.1, 0.15) is 5.82 Å². The third-order valence-corrected chi connectivity index (χ3v) is 5.31. The van der Waals surface area contributed by atoms with E-state index in [-0.39, 0.29) is 11.5 Å². The lowest BCUT2D eigenvalue weighted by Gasteiger charge is -2.14. The summed E-state index contributed by atoms with van der Waals surface area (Å²) in [6, 6.07) is 11.0. The number of benzene rings is 2. The smallest absolute Gasteiger partial charge is 0.261 e. The lowest BCUT2D eigenvalue weighted by atomic mass is 10.1. The number of aromatic amines is 1. The van der Waals surface area contributed by atoms with E-state index in [2.05, 4.69) is 15.3 Å². The fourth-order valence-electron chi connectivity index (χ4n) is 3.73. The average molecular weight is 420 g/mol. The number of hydrogen-bond acceptors (Lipinski definition) is 5. The Morgan fingerprint density at radius 2 is 1.87 bits per heavy atom. The summed E-state index contributed by atoms with van der Waals surface area (Å²) in [6.07, 6.45) is 2.27. The first-order valence-electron chi connectivity index (χ1n) is 10.1. The second-order valence-corrected chi connectivity index (χ2v) is 7.07. The van der Waals surface area contributed by atoms with Crippen molar-refractivity contribution in [2.24, 2.45) is 0 Å². The Bertz CT molecular complexity index is 1320. The van der Waals surface area contributed by atoms with Gasteiger partial charge in [-0.2, -0.15) is 0 Å². The number of ether oxygens (including phenoxy) is 2. The van der Waals surface area contributed by atoms with Gasteiger partial charge >= 0.3 is 0 Å². The molecule has 0 radical (unpaired) electrons. The number of para-hydroxylation sites is 1. The van der Waals surface area contributed by atoms with Crippen LogP contribution < -0.4 is 20.3 Å². The maximum atomic E-state index is 13.2. The summed E-state index contributed by atoms with van der Waals surface area (Å²) in [4.78, 5) is 33.5. The van der Waals surface area contributed by atoms with Crippen molar-refractivity contribution in [3.63, 3.8) is 0 Å². The molecule has 0 bridgehead atoms. The number of nitrogens with one attached hydrogen (secondary N) is 2. The number of H-pyrrole nitrogens is 1. The maximum absolute atomic E-state index is 13.2. The predicted molar refractivity (Wildman–Crippen MR) is 119 cm³/mol. The van der Waals surface area contributed by atoms with Crippen molar-refractivity contribution in [2.45, 2.75) is 19.9 Å². The molecule has 0 fully saturated rings. The molecule has 8 nitrogen and oxygen atoms in total. The van der Waals surface area contributed by atoms with Crippen LogP contribution in [0.4, 0.5) is 0 Å². The molecule has 4 aromatic rings. The van der Waals surface area contributed by atoms with Crippen molar-refractivity contribution < 1.29 is 14.3 Å². The number of hydrogen-bond donors (Lipinski definition) is 2. The fourth-order valence-corrected chi connectivity index (χ4v) is 3.73. The van der Waals surface area contributed by atoms with E-state index < -0.39 is 0 Å².